The minimum absolute atomic E-state index is 0.179. The second kappa shape index (κ2) is 7.84. The molecular formula is C17H21ClFN5O. The van der Waals surface area contributed by atoms with E-state index >= 15 is 0 Å². The van der Waals surface area contributed by atoms with Crippen molar-refractivity contribution < 1.29 is 4.39 Å². The van der Waals surface area contributed by atoms with Gasteiger partial charge in [-0.3, -0.25) is 9.69 Å². The van der Waals surface area contributed by atoms with Crippen molar-refractivity contribution in [2.24, 2.45) is 7.05 Å². The van der Waals surface area contributed by atoms with Gasteiger partial charge in [0.25, 0.3) is 5.56 Å². The van der Waals surface area contributed by atoms with Crippen LogP contribution in [0.2, 0.25) is 5.02 Å². The van der Waals surface area contributed by atoms with Crippen LogP contribution in [-0.4, -0.2) is 53.9 Å². The van der Waals surface area contributed by atoms with Crippen LogP contribution in [0.25, 0.3) is 0 Å². The summed E-state index contributed by atoms with van der Waals surface area (Å²) in [7, 11) is 1.62. The van der Waals surface area contributed by atoms with E-state index < -0.39 is 0 Å². The summed E-state index contributed by atoms with van der Waals surface area (Å²) in [5.74, 6) is -0.240. The van der Waals surface area contributed by atoms with Crippen molar-refractivity contribution in [3.05, 3.63) is 51.7 Å². The topological polar surface area (TPSA) is 53.4 Å². The van der Waals surface area contributed by atoms with Gasteiger partial charge >= 0.3 is 0 Å². The third-order valence-electron chi connectivity index (χ3n) is 4.37. The summed E-state index contributed by atoms with van der Waals surface area (Å²) in [6.45, 7) is 4.56. The zero-order valence-corrected chi connectivity index (χ0v) is 14.8. The number of anilines is 2. The molecule has 6 nitrogen and oxygen atoms in total. The average molecular weight is 366 g/mol. The van der Waals surface area contributed by atoms with Crippen molar-refractivity contribution in [1.82, 2.24) is 14.7 Å². The van der Waals surface area contributed by atoms with Gasteiger partial charge in [0.1, 0.15) is 11.5 Å². The Morgan fingerprint density at radius 1 is 1.24 bits per heavy atom. The molecule has 1 aromatic carbocycles. The molecule has 25 heavy (non-hydrogen) atoms. The van der Waals surface area contributed by atoms with Gasteiger partial charge in [-0.15, -0.1) is 0 Å². The van der Waals surface area contributed by atoms with Crippen molar-refractivity contribution in [1.29, 1.82) is 0 Å². The highest BCUT2D eigenvalue weighted by molar-refractivity contribution is 6.33. The maximum atomic E-state index is 13.6. The predicted octanol–water partition coefficient (Wildman–Crippen LogP) is 1.81. The Kier molecular flexibility index (Phi) is 5.55. The number of rotatable bonds is 5. The summed E-state index contributed by atoms with van der Waals surface area (Å²) in [5.41, 5.74) is 0.860. The number of aromatic nitrogens is 2. The zero-order chi connectivity index (χ0) is 17.8. The standard InChI is InChI=1S/C17H21ClFN5O/c1-22-17(25)16(13(18)12-21-22)24-10-8-23(9-11-24)7-6-20-15-5-3-2-4-14(15)19/h2-5,12,20H,6-11H2,1H3. The molecule has 1 aliphatic rings. The molecule has 0 bridgehead atoms. The van der Waals surface area contributed by atoms with Crippen LogP contribution in [0.15, 0.2) is 35.3 Å². The number of hydrogen-bond donors (Lipinski definition) is 1. The molecule has 1 saturated heterocycles. The van der Waals surface area contributed by atoms with Crippen LogP contribution in [0.1, 0.15) is 0 Å². The predicted molar refractivity (Wildman–Crippen MR) is 98.0 cm³/mol. The number of aryl methyl sites for hydroxylation is 1. The van der Waals surface area contributed by atoms with Gasteiger partial charge in [-0.05, 0) is 12.1 Å². The highest BCUT2D eigenvalue weighted by Crippen LogP contribution is 2.21. The lowest BCUT2D eigenvalue weighted by Gasteiger charge is -2.36. The fraction of sp³-hybridized carbons (Fsp3) is 0.412. The molecule has 0 saturated carbocycles. The fourth-order valence-corrected chi connectivity index (χ4v) is 3.18. The van der Waals surface area contributed by atoms with Crippen molar-refractivity contribution in [2.75, 3.05) is 49.5 Å². The molecule has 3 rings (SSSR count). The van der Waals surface area contributed by atoms with Crippen LogP contribution >= 0.6 is 11.6 Å². The molecule has 0 radical (unpaired) electrons. The van der Waals surface area contributed by atoms with Gasteiger partial charge in [0.15, 0.2) is 0 Å². The van der Waals surface area contributed by atoms with Crippen LogP contribution in [-0.2, 0) is 7.05 Å². The van der Waals surface area contributed by atoms with Gasteiger partial charge in [-0.25, -0.2) is 9.07 Å². The molecule has 0 unspecified atom stereocenters. The maximum Gasteiger partial charge on any atom is 0.291 e. The maximum absolute atomic E-state index is 13.6. The first kappa shape index (κ1) is 17.7. The lowest BCUT2D eigenvalue weighted by molar-refractivity contribution is 0.267. The van der Waals surface area contributed by atoms with Crippen LogP contribution in [0.5, 0.6) is 0 Å². The van der Waals surface area contributed by atoms with Crippen molar-refractivity contribution in [3.8, 4) is 0 Å². The zero-order valence-electron chi connectivity index (χ0n) is 14.1. The highest BCUT2D eigenvalue weighted by atomic mass is 35.5. The molecule has 0 atom stereocenters. The lowest BCUT2D eigenvalue weighted by atomic mass is 10.2. The number of nitrogens with zero attached hydrogens (tertiary/aromatic N) is 4. The Labute approximate surface area is 150 Å². The number of benzene rings is 1. The van der Waals surface area contributed by atoms with Crippen LogP contribution in [0, 0.1) is 5.82 Å². The molecule has 1 fully saturated rings. The fourth-order valence-electron chi connectivity index (χ4n) is 2.94. The quantitative estimate of drug-likeness (QED) is 0.875. The molecule has 1 aliphatic heterocycles. The molecule has 2 aromatic rings. The first-order valence-corrected chi connectivity index (χ1v) is 8.61. The summed E-state index contributed by atoms with van der Waals surface area (Å²) in [6.07, 6.45) is 1.50. The average Bonchev–Trinajstić information content (AvgIpc) is 2.61. The molecule has 1 N–H and O–H groups in total. The second-order valence-corrected chi connectivity index (χ2v) is 6.41. The number of hydrogen-bond acceptors (Lipinski definition) is 5. The number of halogens is 2. The molecule has 0 amide bonds. The first-order valence-electron chi connectivity index (χ1n) is 8.24. The summed E-state index contributed by atoms with van der Waals surface area (Å²) in [4.78, 5) is 16.5. The van der Waals surface area contributed by atoms with E-state index in [1.807, 2.05) is 11.0 Å². The van der Waals surface area contributed by atoms with E-state index in [0.29, 0.717) is 22.9 Å². The summed E-state index contributed by atoms with van der Waals surface area (Å²) < 4.78 is 14.9. The van der Waals surface area contributed by atoms with E-state index in [9.17, 15) is 9.18 Å². The minimum atomic E-state index is -0.240. The van der Waals surface area contributed by atoms with Crippen molar-refractivity contribution in [3.63, 3.8) is 0 Å². The normalized spacial score (nSPS) is 15.4. The first-order chi connectivity index (χ1) is 12.1. The number of piperazine rings is 1. The molecule has 0 aliphatic carbocycles. The van der Waals surface area contributed by atoms with Gasteiger partial charge in [0.05, 0.1) is 16.9 Å². The Morgan fingerprint density at radius 3 is 2.68 bits per heavy atom. The third kappa shape index (κ3) is 4.11. The Bertz CT molecular complexity index is 789. The van der Waals surface area contributed by atoms with Gasteiger partial charge in [-0.1, -0.05) is 23.7 Å². The third-order valence-corrected chi connectivity index (χ3v) is 4.65. The van der Waals surface area contributed by atoms with E-state index in [1.165, 1.54) is 16.9 Å². The summed E-state index contributed by atoms with van der Waals surface area (Å²) in [5, 5.41) is 7.42. The molecule has 8 heteroatoms. The van der Waals surface area contributed by atoms with Gasteiger partial charge in [0, 0.05) is 46.3 Å². The van der Waals surface area contributed by atoms with Gasteiger partial charge in [0.2, 0.25) is 0 Å². The van der Waals surface area contributed by atoms with Crippen molar-refractivity contribution >= 4 is 23.0 Å². The highest BCUT2D eigenvalue weighted by Gasteiger charge is 2.21. The summed E-state index contributed by atoms with van der Waals surface area (Å²) in [6, 6.07) is 6.66. The Hall–Kier alpha value is -2.12. The minimum Gasteiger partial charge on any atom is -0.381 e. The molecule has 0 spiro atoms. The van der Waals surface area contributed by atoms with Crippen LogP contribution in [0.4, 0.5) is 15.8 Å². The second-order valence-electron chi connectivity index (χ2n) is 6.01. The monoisotopic (exact) mass is 365 g/mol. The van der Waals surface area contributed by atoms with E-state index in [4.69, 9.17) is 11.6 Å². The van der Waals surface area contributed by atoms with E-state index in [-0.39, 0.29) is 11.4 Å². The smallest absolute Gasteiger partial charge is 0.291 e. The molecule has 2 heterocycles. The Balaban J connectivity index is 1.52. The molecule has 1 aromatic heterocycles. The Morgan fingerprint density at radius 2 is 1.96 bits per heavy atom. The summed E-state index contributed by atoms with van der Waals surface area (Å²) >= 11 is 6.16. The number of nitrogens with one attached hydrogen (secondary N) is 1. The van der Waals surface area contributed by atoms with Gasteiger partial charge in [-0.2, -0.15) is 5.10 Å². The van der Waals surface area contributed by atoms with E-state index in [1.54, 1.807) is 19.2 Å². The largest absolute Gasteiger partial charge is 0.381 e. The van der Waals surface area contributed by atoms with Crippen molar-refractivity contribution in [2.45, 2.75) is 0 Å². The van der Waals surface area contributed by atoms with Crippen LogP contribution < -0.4 is 15.8 Å². The van der Waals surface area contributed by atoms with Gasteiger partial charge < -0.3 is 10.2 Å². The SMILES string of the molecule is Cn1ncc(Cl)c(N2CCN(CCNc3ccccc3F)CC2)c1=O. The van der Waals surface area contributed by atoms with E-state index in [0.717, 1.165) is 32.7 Å². The molecular weight excluding hydrogens is 345 g/mol. The molecule has 134 valence electrons. The number of para-hydroxylation sites is 1. The van der Waals surface area contributed by atoms with Crippen LogP contribution in [0.3, 0.4) is 0 Å². The lowest BCUT2D eigenvalue weighted by Crippen LogP contribution is -2.49. The van der Waals surface area contributed by atoms with E-state index in [2.05, 4.69) is 15.3 Å².